The first kappa shape index (κ1) is 20.5. The first-order valence-electron chi connectivity index (χ1n) is 8.24. The number of sulfonamides is 1. The normalized spacial score (nSPS) is 14.4. The van der Waals surface area contributed by atoms with Crippen molar-refractivity contribution in [3.8, 4) is 5.75 Å². The van der Waals surface area contributed by atoms with Crippen molar-refractivity contribution in [2.75, 3.05) is 20.2 Å². The van der Waals surface area contributed by atoms with Gasteiger partial charge in [-0.1, -0.05) is 13.8 Å². The molecule has 2 rings (SSSR count). The Balaban J connectivity index is 2.19. The van der Waals surface area contributed by atoms with Crippen LogP contribution in [0, 0.1) is 5.92 Å². The molecular weight excluding hydrogens is 372 g/mol. The number of nitrogens with one attached hydrogen (secondary N) is 1. The van der Waals surface area contributed by atoms with E-state index in [0.717, 1.165) is 0 Å². The summed E-state index contributed by atoms with van der Waals surface area (Å²) < 4.78 is 31.8. The number of allylic oxidation sites excluding steroid dienone is 2. The lowest BCUT2D eigenvalue weighted by Gasteiger charge is -2.29. The maximum absolute atomic E-state index is 12.4. The van der Waals surface area contributed by atoms with E-state index >= 15 is 0 Å². The number of ether oxygens (including phenoxy) is 1. The molecule has 1 aliphatic heterocycles. The second-order valence-corrected chi connectivity index (χ2v) is 8.12. The van der Waals surface area contributed by atoms with Crippen LogP contribution in [0.25, 0.3) is 0 Å². The number of hydrogen-bond donors (Lipinski definition) is 2. The van der Waals surface area contributed by atoms with E-state index in [0.29, 0.717) is 12.3 Å². The number of carboxylic acids is 1. The van der Waals surface area contributed by atoms with Gasteiger partial charge in [-0.25, -0.2) is 17.9 Å². The van der Waals surface area contributed by atoms with E-state index in [1.807, 2.05) is 18.6 Å². The predicted octanol–water partition coefficient (Wildman–Crippen LogP) is 1.37. The van der Waals surface area contributed by atoms with Crippen LogP contribution in [0.5, 0.6) is 5.75 Å². The van der Waals surface area contributed by atoms with Crippen LogP contribution in [0.2, 0.25) is 0 Å². The number of benzene rings is 1. The minimum atomic E-state index is -4.06. The van der Waals surface area contributed by atoms with Crippen molar-refractivity contribution >= 4 is 21.9 Å². The van der Waals surface area contributed by atoms with Crippen molar-refractivity contribution in [2.45, 2.75) is 18.7 Å². The lowest BCUT2D eigenvalue weighted by atomic mass is 10.1. The molecule has 0 fully saturated rings. The number of nitrogens with zero attached hydrogens (tertiary/aromatic N) is 1. The van der Waals surface area contributed by atoms with Gasteiger partial charge in [0.15, 0.2) is 0 Å². The third-order valence-corrected chi connectivity index (χ3v) is 5.18. The molecule has 2 N–H and O–H groups in total. The number of carbonyl (C=O) groups is 2. The highest BCUT2D eigenvalue weighted by atomic mass is 32.2. The number of amides is 1. The fraction of sp³-hybridized carbons (Fsp3) is 0.333. The topological polar surface area (TPSA) is 113 Å². The van der Waals surface area contributed by atoms with Gasteiger partial charge in [-0.2, -0.15) is 0 Å². The molecule has 27 heavy (non-hydrogen) atoms. The van der Waals surface area contributed by atoms with Crippen LogP contribution < -0.4 is 9.46 Å². The lowest BCUT2D eigenvalue weighted by Crippen LogP contribution is -2.40. The number of methoxy groups -OCH3 is 1. The first-order chi connectivity index (χ1) is 12.6. The molecule has 0 saturated carbocycles. The minimum Gasteiger partial charge on any atom is -0.497 e. The highest BCUT2D eigenvalue weighted by Gasteiger charge is 2.27. The van der Waals surface area contributed by atoms with Gasteiger partial charge in [-0.05, 0) is 42.3 Å². The number of rotatable bonds is 7. The van der Waals surface area contributed by atoms with E-state index in [4.69, 9.17) is 4.74 Å². The second-order valence-electron chi connectivity index (χ2n) is 6.43. The summed E-state index contributed by atoms with van der Waals surface area (Å²) >= 11 is 0. The van der Waals surface area contributed by atoms with E-state index in [-0.39, 0.29) is 28.6 Å². The quantitative estimate of drug-likeness (QED) is 0.718. The van der Waals surface area contributed by atoms with Gasteiger partial charge in [0.05, 0.1) is 12.0 Å². The molecule has 0 aromatic heterocycles. The third kappa shape index (κ3) is 5.10. The molecular formula is C18H22N2O6S. The van der Waals surface area contributed by atoms with Gasteiger partial charge in [0.1, 0.15) is 11.4 Å². The van der Waals surface area contributed by atoms with E-state index < -0.39 is 21.9 Å². The Morgan fingerprint density at radius 2 is 1.85 bits per heavy atom. The maximum Gasteiger partial charge on any atom is 0.352 e. The van der Waals surface area contributed by atoms with Crippen molar-refractivity contribution < 1.29 is 27.9 Å². The van der Waals surface area contributed by atoms with E-state index in [9.17, 15) is 23.1 Å². The van der Waals surface area contributed by atoms with Gasteiger partial charge in [-0.3, -0.25) is 4.79 Å². The summed E-state index contributed by atoms with van der Waals surface area (Å²) in [6.07, 6.45) is 2.64. The van der Waals surface area contributed by atoms with E-state index in [1.165, 1.54) is 43.5 Å². The van der Waals surface area contributed by atoms with Gasteiger partial charge < -0.3 is 14.7 Å². The van der Waals surface area contributed by atoms with Crippen LogP contribution in [0.15, 0.2) is 52.6 Å². The summed E-state index contributed by atoms with van der Waals surface area (Å²) in [7, 11) is -2.59. The number of carboxylic acid groups (broad SMARTS) is 1. The van der Waals surface area contributed by atoms with Crippen LogP contribution in [0.3, 0.4) is 0 Å². The van der Waals surface area contributed by atoms with Crippen molar-refractivity contribution in [1.82, 2.24) is 9.62 Å². The Morgan fingerprint density at radius 1 is 1.22 bits per heavy atom. The third-order valence-electron chi connectivity index (χ3n) is 3.84. The molecule has 1 aliphatic rings. The minimum absolute atomic E-state index is 0.0142. The molecule has 8 nitrogen and oxygen atoms in total. The van der Waals surface area contributed by atoms with Crippen molar-refractivity contribution in [2.24, 2.45) is 5.92 Å². The number of aliphatic carboxylic acids is 1. The first-order valence-corrected chi connectivity index (χ1v) is 9.72. The molecule has 0 radical (unpaired) electrons. The van der Waals surface area contributed by atoms with E-state index in [1.54, 1.807) is 4.90 Å². The molecule has 0 atom stereocenters. The molecule has 1 aromatic carbocycles. The zero-order chi connectivity index (χ0) is 20.2. The van der Waals surface area contributed by atoms with E-state index in [2.05, 4.69) is 0 Å². The highest BCUT2D eigenvalue weighted by molar-refractivity contribution is 7.90. The van der Waals surface area contributed by atoms with Crippen molar-refractivity contribution in [3.05, 3.63) is 47.7 Å². The molecule has 0 bridgehead atoms. The fourth-order valence-electron chi connectivity index (χ4n) is 2.59. The summed E-state index contributed by atoms with van der Waals surface area (Å²) in [4.78, 5) is 25.2. The monoisotopic (exact) mass is 394 g/mol. The molecule has 0 saturated heterocycles. The zero-order valence-corrected chi connectivity index (χ0v) is 16.1. The van der Waals surface area contributed by atoms with Crippen LogP contribution in [-0.4, -0.2) is 50.5 Å². The Kier molecular flexibility index (Phi) is 6.27. The van der Waals surface area contributed by atoms with Crippen molar-refractivity contribution in [1.29, 1.82) is 0 Å². The maximum atomic E-state index is 12.4. The average Bonchev–Trinajstić information content (AvgIpc) is 2.60. The molecule has 1 heterocycles. The van der Waals surface area contributed by atoms with Gasteiger partial charge in [0.2, 0.25) is 0 Å². The number of carbonyl (C=O) groups excluding carboxylic acids is 1. The molecule has 0 spiro atoms. The fourth-order valence-corrected chi connectivity index (χ4v) is 3.57. The van der Waals surface area contributed by atoms with Crippen LogP contribution >= 0.6 is 0 Å². The molecule has 1 amide bonds. The van der Waals surface area contributed by atoms with Crippen LogP contribution in [0.1, 0.15) is 13.8 Å². The van der Waals surface area contributed by atoms with Gasteiger partial charge in [0.25, 0.3) is 15.9 Å². The standard InChI is InChI=1S/C18H22N2O6S/c1-12(2)10-20-11-13(4-9-16(20)18(22)23)17(21)19-27(24,25)15-7-5-14(26-3)6-8-15/h4-9,12H,10-11H2,1-3H3,(H,19,21)(H,22,23). The van der Waals surface area contributed by atoms with Crippen molar-refractivity contribution in [3.63, 3.8) is 0 Å². The SMILES string of the molecule is COc1ccc(S(=O)(=O)NC(=O)C2=CC=C(C(=O)O)N(CC(C)C)C2)cc1. The molecule has 0 unspecified atom stereocenters. The predicted molar refractivity (Wildman–Crippen MR) is 98.5 cm³/mol. The Bertz CT molecular complexity index is 885. The Labute approximate surface area is 158 Å². The lowest BCUT2D eigenvalue weighted by molar-refractivity contribution is -0.134. The van der Waals surface area contributed by atoms with Crippen LogP contribution in [0.4, 0.5) is 0 Å². The smallest absolute Gasteiger partial charge is 0.352 e. The van der Waals surface area contributed by atoms with Gasteiger partial charge >= 0.3 is 5.97 Å². The average molecular weight is 394 g/mol. The van der Waals surface area contributed by atoms with Crippen LogP contribution in [-0.2, 0) is 19.6 Å². The summed E-state index contributed by atoms with van der Waals surface area (Å²) in [5.74, 6) is -1.23. The zero-order valence-electron chi connectivity index (χ0n) is 15.3. The largest absolute Gasteiger partial charge is 0.497 e. The summed E-state index contributed by atoms with van der Waals surface area (Å²) in [6.45, 7) is 4.28. The summed E-state index contributed by atoms with van der Waals surface area (Å²) in [6, 6.07) is 5.62. The molecule has 9 heteroatoms. The van der Waals surface area contributed by atoms with Gasteiger partial charge in [0, 0.05) is 18.7 Å². The molecule has 1 aromatic rings. The second kappa shape index (κ2) is 8.26. The Morgan fingerprint density at radius 3 is 2.37 bits per heavy atom. The molecule has 146 valence electrons. The Hall–Kier alpha value is -2.81. The molecule has 0 aliphatic carbocycles. The highest BCUT2D eigenvalue weighted by Crippen LogP contribution is 2.19. The summed E-state index contributed by atoms with van der Waals surface area (Å²) in [5, 5.41) is 9.28. The van der Waals surface area contributed by atoms with Gasteiger partial charge in [-0.15, -0.1) is 0 Å². The summed E-state index contributed by atoms with van der Waals surface area (Å²) in [5.41, 5.74) is 0.232. The number of hydrogen-bond acceptors (Lipinski definition) is 6.